The molecule has 0 unspecified atom stereocenters. The second-order valence-electron chi connectivity index (χ2n) is 5.10. The quantitative estimate of drug-likeness (QED) is 0.865. The van der Waals surface area contributed by atoms with Gasteiger partial charge in [-0.25, -0.2) is 4.98 Å². The number of piperazine rings is 1. The van der Waals surface area contributed by atoms with Gasteiger partial charge in [-0.1, -0.05) is 11.6 Å². The van der Waals surface area contributed by atoms with E-state index in [0.717, 1.165) is 25.5 Å². The second-order valence-corrected chi connectivity index (χ2v) is 5.49. The normalized spacial score (nSPS) is 16.4. The maximum absolute atomic E-state index is 12.2. The summed E-state index contributed by atoms with van der Waals surface area (Å²) < 4.78 is 7.03. The van der Waals surface area contributed by atoms with Gasteiger partial charge in [0.1, 0.15) is 11.0 Å². The van der Waals surface area contributed by atoms with Crippen LogP contribution >= 0.6 is 11.6 Å². The molecule has 3 rings (SSSR count). The van der Waals surface area contributed by atoms with E-state index in [1.807, 2.05) is 16.5 Å². The van der Waals surface area contributed by atoms with Crippen LogP contribution in [-0.4, -0.2) is 51.4 Å². The fraction of sp³-hybridized carbons (Fsp3) is 0.429. The molecule has 0 radical (unpaired) electrons. The molecule has 1 amide bonds. The molecule has 0 aromatic carbocycles. The lowest BCUT2D eigenvalue weighted by Gasteiger charge is -2.34. The molecule has 0 aliphatic carbocycles. The average Bonchev–Trinajstić information content (AvgIpc) is 3.13. The third-order valence-electron chi connectivity index (χ3n) is 3.78. The predicted octanol–water partition coefficient (Wildman–Crippen LogP) is 1.62. The number of carbonyl (C=O) groups is 1. The fourth-order valence-corrected chi connectivity index (χ4v) is 2.58. The zero-order chi connectivity index (χ0) is 14.8. The fourth-order valence-electron chi connectivity index (χ4n) is 2.44. The van der Waals surface area contributed by atoms with E-state index in [2.05, 4.69) is 9.88 Å². The van der Waals surface area contributed by atoms with Crippen LogP contribution in [0.5, 0.6) is 0 Å². The zero-order valence-electron chi connectivity index (χ0n) is 11.8. The Morgan fingerprint density at radius 2 is 2.14 bits per heavy atom. The van der Waals surface area contributed by atoms with Gasteiger partial charge in [0.15, 0.2) is 5.76 Å². The van der Waals surface area contributed by atoms with E-state index in [1.165, 1.54) is 6.26 Å². The van der Waals surface area contributed by atoms with Crippen LogP contribution in [0.15, 0.2) is 29.0 Å². The van der Waals surface area contributed by atoms with Gasteiger partial charge in [-0.2, -0.15) is 0 Å². The van der Waals surface area contributed by atoms with Crippen molar-refractivity contribution < 1.29 is 9.21 Å². The number of amides is 1. The van der Waals surface area contributed by atoms with Crippen LogP contribution in [0.4, 0.5) is 0 Å². The van der Waals surface area contributed by atoms with Crippen molar-refractivity contribution in [2.24, 2.45) is 7.05 Å². The van der Waals surface area contributed by atoms with Gasteiger partial charge in [-0.05, 0) is 12.1 Å². The van der Waals surface area contributed by atoms with E-state index in [9.17, 15) is 4.79 Å². The number of furan rings is 1. The Labute approximate surface area is 127 Å². The van der Waals surface area contributed by atoms with Crippen molar-refractivity contribution in [2.45, 2.75) is 6.54 Å². The molecule has 2 aromatic rings. The summed E-state index contributed by atoms with van der Waals surface area (Å²) in [7, 11) is 1.90. The minimum Gasteiger partial charge on any atom is -0.459 e. The van der Waals surface area contributed by atoms with Crippen LogP contribution in [0, 0.1) is 0 Å². The first-order valence-corrected chi connectivity index (χ1v) is 7.24. The first-order valence-electron chi connectivity index (χ1n) is 6.86. The molecule has 0 N–H and O–H groups in total. The lowest BCUT2D eigenvalue weighted by atomic mass is 10.3. The first-order chi connectivity index (χ1) is 10.1. The largest absolute Gasteiger partial charge is 0.459 e. The molecule has 1 aliphatic rings. The Kier molecular flexibility index (Phi) is 3.98. The SMILES string of the molecule is Cn1c(Cl)cnc1CN1CCN(C(=O)c2ccco2)CC1. The monoisotopic (exact) mass is 308 g/mol. The Morgan fingerprint density at radius 1 is 1.38 bits per heavy atom. The van der Waals surface area contributed by atoms with Gasteiger partial charge in [-0.3, -0.25) is 9.69 Å². The van der Waals surface area contributed by atoms with E-state index in [4.69, 9.17) is 16.0 Å². The zero-order valence-corrected chi connectivity index (χ0v) is 12.6. The molecule has 0 atom stereocenters. The van der Waals surface area contributed by atoms with Crippen molar-refractivity contribution in [1.29, 1.82) is 0 Å². The molecule has 1 saturated heterocycles. The number of hydrogen-bond acceptors (Lipinski definition) is 4. The lowest BCUT2D eigenvalue weighted by molar-refractivity contribution is 0.0594. The number of carbonyl (C=O) groups excluding carboxylic acids is 1. The number of hydrogen-bond donors (Lipinski definition) is 0. The number of halogens is 1. The van der Waals surface area contributed by atoms with Crippen molar-refractivity contribution in [2.75, 3.05) is 26.2 Å². The van der Waals surface area contributed by atoms with Gasteiger partial charge in [-0.15, -0.1) is 0 Å². The molecular formula is C14H17ClN4O2. The summed E-state index contributed by atoms with van der Waals surface area (Å²) in [5.41, 5.74) is 0. The highest BCUT2D eigenvalue weighted by molar-refractivity contribution is 6.29. The molecule has 21 heavy (non-hydrogen) atoms. The maximum atomic E-state index is 12.2. The van der Waals surface area contributed by atoms with E-state index < -0.39 is 0 Å². The molecule has 0 bridgehead atoms. The van der Waals surface area contributed by atoms with E-state index >= 15 is 0 Å². The van der Waals surface area contributed by atoms with Crippen LogP contribution in [0.25, 0.3) is 0 Å². The van der Waals surface area contributed by atoms with Crippen LogP contribution in [0.2, 0.25) is 5.15 Å². The summed E-state index contributed by atoms with van der Waals surface area (Å²) in [5.74, 6) is 1.30. The highest BCUT2D eigenvalue weighted by Crippen LogP contribution is 2.14. The predicted molar refractivity (Wildman–Crippen MR) is 78.1 cm³/mol. The summed E-state index contributed by atoms with van der Waals surface area (Å²) in [5, 5.41) is 0.636. The summed E-state index contributed by atoms with van der Waals surface area (Å²) in [6, 6.07) is 3.43. The lowest BCUT2D eigenvalue weighted by Crippen LogP contribution is -2.48. The van der Waals surface area contributed by atoms with E-state index in [1.54, 1.807) is 18.3 Å². The van der Waals surface area contributed by atoms with Crippen molar-refractivity contribution in [1.82, 2.24) is 19.4 Å². The van der Waals surface area contributed by atoms with Crippen LogP contribution < -0.4 is 0 Å². The molecule has 6 nitrogen and oxygen atoms in total. The van der Waals surface area contributed by atoms with Gasteiger partial charge in [0, 0.05) is 33.2 Å². The van der Waals surface area contributed by atoms with Crippen LogP contribution in [0.1, 0.15) is 16.4 Å². The van der Waals surface area contributed by atoms with Crippen LogP contribution in [0.3, 0.4) is 0 Å². The van der Waals surface area contributed by atoms with Gasteiger partial charge in [0.05, 0.1) is 19.0 Å². The molecule has 1 fully saturated rings. The third-order valence-corrected chi connectivity index (χ3v) is 4.14. The summed E-state index contributed by atoms with van der Waals surface area (Å²) in [6.45, 7) is 3.76. The smallest absolute Gasteiger partial charge is 0.289 e. The molecule has 112 valence electrons. The van der Waals surface area contributed by atoms with Crippen molar-refractivity contribution in [3.63, 3.8) is 0 Å². The molecule has 1 aliphatic heterocycles. The van der Waals surface area contributed by atoms with Gasteiger partial charge in [0.25, 0.3) is 5.91 Å². The van der Waals surface area contributed by atoms with Gasteiger partial charge >= 0.3 is 0 Å². The molecule has 2 aromatic heterocycles. The van der Waals surface area contributed by atoms with Crippen molar-refractivity contribution in [3.05, 3.63) is 41.3 Å². The maximum Gasteiger partial charge on any atom is 0.289 e. The first kappa shape index (κ1) is 14.2. The number of rotatable bonds is 3. The molecule has 0 saturated carbocycles. The van der Waals surface area contributed by atoms with E-state index in [-0.39, 0.29) is 5.91 Å². The van der Waals surface area contributed by atoms with Crippen molar-refractivity contribution >= 4 is 17.5 Å². The average molecular weight is 309 g/mol. The topological polar surface area (TPSA) is 54.5 Å². The Balaban J connectivity index is 1.56. The minimum atomic E-state index is -0.0420. The Hall–Kier alpha value is -1.79. The standard InChI is InChI=1S/C14H17ClN4O2/c1-17-12(15)9-16-13(17)10-18-4-6-19(7-5-18)14(20)11-3-2-8-21-11/h2-3,8-9H,4-7,10H2,1H3. The van der Waals surface area contributed by atoms with Crippen LogP contribution in [-0.2, 0) is 13.6 Å². The van der Waals surface area contributed by atoms with Gasteiger partial charge < -0.3 is 13.9 Å². The van der Waals surface area contributed by atoms with E-state index in [0.29, 0.717) is 24.0 Å². The Bertz CT molecular complexity index is 615. The second kappa shape index (κ2) is 5.91. The number of imidazole rings is 1. The summed E-state index contributed by atoms with van der Waals surface area (Å²) >= 11 is 5.99. The molecule has 3 heterocycles. The third kappa shape index (κ3) is 2.96. The minimum absolute atomic E-state index is 0.0420. The Morgan fingerprint density at radius 3 is 2.71 bits per heavy atom. The highest BCUT2D eigenvalue weighted by atomic mass is 35.5. The molecule has 7 heteroatoms. The summed E-state index contributed by atoms with van der Waals surface area (Å²) in [4.78, 5) is 20.5. The van der Waals surface area contributed by atoms with Crippen molar-refractivity contribution in [3.8, 4) is 0 Å². The summed E-state index contributed by atoms with van der Waals surface area (Å²) in [6.07, 6.45) is 3.18. The number of aromatic nitrogens is 2. The highest BCUT2D eigenvalue weighted by Gasteiger charge is 2.24. The van der Waals surface area contributed by atoms with Gasteiger partial charge in [0.2, 0.25) is 0 Å². The molecular weight excluding hydrogens is 292 g/mol. The molecule has 0 spiro atoms. The number of nitrogens with zero attached hydrogens (tertiary/aromatic N) is 4.